The Kier molecular flexibility index (Phi) is 2.35. The summed E-state index contributed by atoms with van der Waals surface area (Å²) in [5.41, 5.74) is 5.91. The van der Waals surface area contributed by atoms with Crippen LogP contribution in [0.3, 0.4) is 0 Å². The summed E-state index contributed by atoms with van der Waals surface area (Å²) in [6.07, 6.45) is 8.41. The van der Waals surface area contributed by atoms with Crippen molar-refractivity contribution in [3.05, 3.63) is 0 Å². The predicted octanol–water partition coefficient (Wildman–Crippen LogP) is 1.27. The van der Waals surface area contributed by atoms with Gasteiger partial charge in [-0.05, 0) is 74.5 Å². The first-order valence-electron chi connectivity index (χ1n) is 8.77. The van der Waals surface area contributed by atoms with Gasteiger partial charge in [0, 0.05) is 12.6 Å². The number of fused-ring (bicyclic) bond motifs is 1. The molecule has 5 saturated carbocycles. The molecule has 1 amide bonds. The molecule has 1 aliphatic heterocycles. The van der Waals surface area contributed by atoms with Crippen LogP contribution in [-0.4, -0.2) is 40.1 Å². The molecule has 4 bridgehead atoms. The minimum absolute atomic E-state index is 0.108. The van der Waals surface area contributed by atoms with Crippen molar-refractivity contribution >= 4 is 5.91 Å². The fraction of sp³-hybridized carbons (Fsp3) is 0.941. The highest BCUT2D eigenvalue weighted by Crippen LogP contribution is 2.62. The van der Waals surface area contributed by atoms with Crippen molar-refractivity contribution < 1.29 is 9.90 Å². The molecule has 6 rings (SSSR count). The molecule has 0 aromatic rings. The molecule has 21 heavy (non-hydrogen) atoms. The summed E-state index contributed by atoms with van der Waals surface area (Å²) in [7, 11) is 0. The summed E-state index contributed by atoms with van der Waals surface area (Å²) < 4.78 is 0. The van der Waals surface area contributed by atoms with Crippen molar-refractivity contribution in [1.82, 2.24) is 4.90 Å². The van der Waals surface area contributed by atoms with Gasteiger partial charge in [0.05, 0.1) is 11.6 Å². The second kappa shape index (κ2) is 3.83. The average Bonchev–Trinajstić information content (AvgIpc) is 3.05. The van der Waals surface area contributed by atoms with Crippen molar-refractivity contribution in [2.75, 3.05) is 6.54 Å². The van der Waals surface area contributed by atoms with Crippen LogP contribution in [0.2, 0.25) is 0 Å². The highest BCUT2D eigenvalue weighted by molar-refractivity contribution is 5.83. The third-order valence-electron chi connectivity index (χ3n) is 7.31. The number of nitrogens with two attached hydrogens (primary N) is 1. The standard InChI is InChI=1S/C17H26N2O2/c18-14(15(20)19-2-1-12-4-13(12)19)16-5-10-3-11(6-16)8-17(21,7-10)9-16/h10-14,21H,1-9,18H2/t10-,11+,12-,13+,14-,16?,17?/m1/s1. The minimum atomic E-state index is -0.519. The highest BCUT2D eigenvalue weighted by atomic mass is 16.3. The topological polar surface area (TPSA) is 66.6 Å². The summed E-state index contributed by atoms with van der Waals surface area (Å²) in [6, 6.07) is 0.120. The van der Waals surface area contributed by atoms with Crippen LogP contribution in [0.25, 0.3) is 0 Å². The second-order valence-electron chi connectivity index (χ2n) is 8.91. The number of hydrogen-bond acceptors (Lipinski definition) is 3. The van der Waals surface area contributed by atoms with Crippen molar-refractivity contribution in [2.45, 2.75) is 69.1 Å². The van der Waals surface area contributed by atoms with Crippen LogP contribution < -0.4 is 5.73 Å². The third kappa shape index (κ3) is 1.72. The predicted molar refractivity (Wildman–Crippen MR) is 78.3 cm³/mol. The zero-order valence-corrected chi connectivity index (χ0v) is 12.6. The Labute approximate surface area is 126 Å². The van der Waals surface area contributed by atoms with E-state index in [0.717, 1.165) is 44.6 Å². The maximum atomic E-state index is 12.9. The van der Waals surface area contributed by atoms with Gasteiger partial charge in [0.1, 0.15) is 0 Å². The zero-order chi connectivity index (χ0) is 14.4. The molecular weight excluding hydrogens is 264 g/mol. The average molecular weight is 290 g/mol. The summed E-state index contributed by atoms with van der Waals surface area (Å²) in [5, 5.41) is 10.8. The van der Waals surface area contributed by atoms with Gasteiger partial charge in [0.2, 0.25) is 5.91 Å². The molecule has 1 saturated heterocycles. The first-order chi connectivity index (χ1) is 9.98. The molecule has 116 valence electrons. The third-order valence-corrected chi connectivity index (χ3v) is 7.31. The van der Waals surface area contributed by atoms with Crippen molar-refractivity contribution in [2.24, 2.45) is 28.9 Å². The molecule has 0 aromatic carbocycles. The van der Waals surface area contributed by atoms with Crippen LogP contribution in [0, 0.1) is 23.2 Å². The van der Waals surface area contributed by atoms with E-state index in [9.17, 15) is 9.90 Å². The monoisotopic (exact) mass is 290 g/mol. The van der Waals surface area contributed by atoms with Gasteiger partial charge >= 0.3 is 0 Å². The number of hydrogen-bond donors (Lipinski definition) is 2. The fourth-order valence-electron chi connectivity index (χ4n) is 6.76. The summed E-state index contributed by atoms with van der Waals surface area (Å²) >= 11 is 0. The van der Waals surface area contributed by atoms with E-state index in [4.69, 9.17) is 5.73 Å². The summed E-state index contributed by atoms with van der Waals surface area (Å²) in [4.78, 5) is 15.0. The van der Waals surface area contributed by atoms with Gasteiger partial charge in [0.15, 0.2) is 0 Å². The second-order valence-corrected chi connectivity index (χ2v) is 8.91. The Morgan fingerprint density at radius 3 is 2.43 bits per heavy atom. The number of nitrogens with zero attached hydrogens (tertiary/aromatic N) is 1. The van der Waals surface area contributed by atoms with E-state index in [2.05, 4.69) is 4.90 Å². The number of likely N-dealkylation sites (tertiary alicyclic amines) is 1. The normalized spacial score (nSPS) is 54.7. The molecule has 4 heteroatoms. The van der Waals surface area contributed by atoms with Gasteiger partial charge in [0.25, 0.3) is 0 Å². The van der Waals surface area contributed by atoms with Crippen LogP contribution in [-0.2, 0) is 4.79 Å². The molecule has 6 aliphatic rings. The lowest BCUT2D eigenvalue weighted by atomic mass is 9.46. The number of piperidine rings is 1. The summed E-state index contributed by atoms with van der Waals surface area (Å²) in [6.45, 7) is 0.912. The SMILES string of the molecule is N[C@H](C(=O)N1CC[C@@H]2C[C@@H]21)C12C[C@@H]3C[C@@H](CC(O)(C3)C1)C2. The molecule has 2 unspecified atom stereocenters. The first-order valence-corrected chi connectivity index (χ1v) is 8.77. The van der Waals surface area contributed by atoms with E-state index in [1.807, 2.05) is 0 Å². The van der Waals surface area contributed by atoms with E-state index in [1.54, 1.807) is 0 Å². The molecule has 0 spiro atoms. The molecule has 6 fully saturated rings. The largest absolute Gasteiger partial charge is 0.390 e. The van der Waals surface area contributed by atoms with Gasteiger partial charge < -0.3 is 15.7 Å². The van der Waals surface area contributed by atoms with Crippen LogP contribution in [0.1, 0.15) is 51.4 Å². The Morgan fingerprint density at radius 2 is 1.90 bits per heavy atom. The number of aliphatic hydroxyl groups is 1. The lowest BCUT2D eigenvalue weighted by molar-refractivity contribution is -0.177. The van der Waals surface area contributed by atoms with Crippen molar-refractivity contribution in [1.29, 1.82) is 0 Å². The highest BCUT2D eigenvalue weighted by Gasteiger charge is 2.61. The maximum Gasteiger partial charge on any atom is 0.240 e. The van der Waals surface area contributed by atoms with E-state index < -0.39 is 5.60 Å². The van der Waals surface area contributed by atoms with Crippen molar-refractivity contribution in [3.63, 3.8) is 0 Å². The van der Waals surface area contributed by atoms with Crippen molar-refractivity contribution in [3.8, 4) is 0 Å². The van der Waals surface area contributed by atoms with Gasteiger partial charge in [-0.2, -0.15) is 0 Å². The quantitative estimate of drug-likeness (QED) is 0.805. The van der Waals surface area contributed by atoms with E-state index >= 15 is 0 Å². The molecular formula is C17H26N2O2. The lowest BCUT2D eigenvalue weighted by Crippen LogP contribution is -2.64. The van der Waals surface area contributed by atoms with Crippen LogP contribution >= 0.6 is 0 Å². The number of amides is 1. The molecule has 7 atom stereocenters. The Morgan fingerprint density at radius 1 is 1.19 bits per heavy atom. The maximum absolute atomic E-state index is 12.9. The van der Waals surface area contributed by atoms with Gasteiger partial charge in [-0.1, -0.05) is 0 Å². The summed E-state index contributed by atoms with van der Waals surface area (Å²) in [5.74, 6) is 2.15. The van der Waals surface area contributed by atoms with Gasteiger partial charge in [-0.25, -0.2) is 0 Å². The van der Waals surface area contributed by atoms with Crippen LogP contribution in [0.5, 0.6) is 0 Å². The minimum Gasteiger partial charge on any atom is -0.390 e. The first kappa shape index (κ1) is 12.9. The van der Waals surface area contributed by atoms with Gasteiger partial charge in [-0.3, -0.25) is 4.79 Å². The number of carbonyl (C=O) groups is 1. The molecule has 1 heterocycles. The lowest BCUT2D eigenvalue weighted by Gasteiger charge is -2.61. The Hall–Kier alpha value is -0.610. The smallest absolute Gasteiger partial charge is 0.240 e. The fourth-order valence-corrected chi connectivity index (χ4v) is 6.76. The number of carbonyl (C=O) groups excluding carboxylic acids is 1. The Balaban J connectivity index is 1.42. The number of rotatable bonds is 2. The Bertz CT molecular complexity index is 491. The van der Waals surface area contributed by atoms with Gasteiger partial charge in [-0.15, -0.1) is 0 Å². The molecule has 4 nitrogen and oxygen atoms in total. The molecule has 0 radical (unpaired) electrons. The molecule has 5 aliphatic carbocycles. The molecule has 3 N–H and O–H groups in total. The van der Waals surface area contributed by atoms with E-state index in [1.165, 1.54) is 19.3 Å². The van der Waals surface area contributed by atoms with Crippen LogP contribution in [0.15, 0.2) is 0 Å². The molecule has 0 aromatic heterocycles. The van der Waals surface area contributed by atoms with E-state index in [0.29, 0.717) is 17.9 Å². The zero-order valence-electron chi connectivity index (χ0n) is 12.6. The van der Waals surface area contributed by atoms with E-state index in [-0.39, 0.29) is 17.4 Å². The van der Waals surface area contributed by atoms with Crippen LogP contribution in [0.4, 0.5) is 0 Å².